The average molecular weight is 303 g/mol. The lowest BCUT2D eigenvalue weighted by Gasteiger charge is -2.34. The molecule has 0 aliphatic carbocycles. The topological polar surface area (TPSA) is 100 Å². The maximum atomic E-state index is 11.7. The molecule has 1 aliphatic rings. The van der Waals surface area contributed by atoms with Crippen LogP contribution in [0.4, 0.5) is 5.82 Å². The Morgan fingerprint density at radius 3 is 2.74 bits per heavy atom. The Kier molecular flexibility index (Phi) is 3.95. The Labute approximate surface area is 114 Å². The van der Waals surface area contributed by atoms with Gasteiger partial charge in [-0.25, -0.2) is 13.2 Å². The summed E-state index contributed by atoms with van der Waals surface area (Å²) in [5.41, 5.74) is -0.161. The molecule has 2 rings (SSSR count). The first-order chi connectivity index (χ1) is 8.89. The van der Waals surface area contributed by atoms with Gasteiger partial charge in [-0.05, 0) is 12.1 Å². The molecular weight excluding hydrogens is 290 g/mol. The van der Waals surface area contributed by atoms with E-state index in [-0.39, 0.29) is 5.69 Å². The van der Waals surface area contributed by atoms with E-state index in [0.717, 1.165) is 5.75 Å². The Morgan fingerprint density at radius 2 is 2.21 bits per heavy atom. The molecule has 7 nitrogen and oxygen atoms in total. The van der Waals surface area contributed by atoms with Gasteiger partial charge < -0.3 is 10.0 Å². The Balaban J connectivity index is 2.30. The SMILES string of the molecule is CS(=O)(=O)C1CSCCN1c1ccc(C(=O)O)nn1. The summed E-state index contributed by atoms with van der Waals surface area (Å²) in [4.78, 5) is 12.4. The van der Waals surface area contributed by atoms with Crippen molar-refractivity contribution in [2.24, 2.45) is 0 Å². The van der Waals surface area contributed by atoms with Crippen molar-refractivity contribution in [1.29, 1.82) is 0 Å². The first-order valence-corrected chi connectivity index (χ1v) is 8.61. The first kappa shape index (κ1) is 14.1. The molecule has 0 radical (unpaired) electrons. The zero-order chi connectivity index (χ0) is 14.0. The molecule has 0 bridgehead atoms. The van der Waals surface area contributed by atoms with Crippen molar-refractivity contribution in [1.82, 2.24) is 10.2 Å². The zero-order valence-corrected chi connectivity index (χ0v) is 11.8. The number of sulfone groups is 1. The van der Waals surface area contributed by atoms with Gasteiger partial charge in [0, 0.05) is 24.3 Å². The predicted molar refractivity (Wildman–Crippen MR) is 72.3 cm³/mol. The molecule has 1 atom stereocenters. The highest BCUT2D eigenvalue weighted by Crippen LogP contribution is 2.24. The van der Waals surface area contributed by atoms with Gasteiger partial charge in [0.1, 0.15) is 5.37 Å². The van der Waals surface area contributed by atoms with Gasteiger partial charge in [0.2, 0.25) is 0 Å². The second kappa shape index (κ2) is 5.33. The highest BCUT2D eigenvalue weighted by molar-refractivity contribution is 8.01. The van der Waals surface area contributed by atoms with E-state index in [0.29, 0.717) is 18.1 Å². The highest BCUT2D eigenvalue weighted by atomic mass is 32.2. The van der Waals surface area contributed by atoms with Gasteiger partial charge >= 0.3 is 5.97 Å². The minimum Gasteiger partial charge on any atom is -0.476 e. The van der Waals surface area contributed by atoms with E-state index in [9.17, 15) is 13.2 Å². The molecule has 1 aliphatic heterocycles. The molecule has 0 aromatic carbocycles. The number of carbonyl (C=O) groups is 1. The van der Waals surface area contributed by atoms with Crippen molar-refractivity contribution < 1.29 is 18.3 Å². The predicted octanol–water partition coefficient (Wildman–Crippen LogP) is 0.0987. The maximum absolute atomic E-state index is 11.7. The molecular formula is C10H13N3O4S2. The molecule has 1 N–H and O–H groups in total. The van der Waals surface area contributed by atoms with Gasteiger partial charge in [0.25, 0.3) is 0 Å². The summed E-state index contributed by atoms with van der Waals surface area (Å²) in [5.74, 6) is 0.504. The van der Waals surface area contributed by atoms with Crippen LogP contribution in [0.5, 0.6) is 0 Å². The van der Waals surface area contributed by atoms with Crippen LogP contribution in [0, 0.1) is 0 Å². The van der Waals surface area contributed by atoms with Crippen LogP contribution in [0.25, 0.3) is 0 Å². The van der Waals surface area contributed by atoms with Gasteiger partial charge in [0.05, 0.1) is 0 Å². The van der Waals surface area contributed by atoms with Crippen molar-refractivity contribution in [3.8, 4) is 0 Å². The minimum absolute atomic E-state index is 0.161. The van der Waals surface area contributed by atoms with Gasteiger partial charge in [-0.1, -0.05) is 0 Å². The third-order valence-electron chi connectivity index (χ3n) is 2.74. The van der Waals surface area contributed by atoms with Crippen LogP contribution in [0.1, 0.15) is 10.5 Å². The lowest BCUT2D eigenvalue weighted by Crippen LogP contribution is -2.47. The molecule has 1 aromatic rings. The number of aromatic carboxylic acids is 1. The van der Waals surface area contributed by atoms with Crippen molar-refractivity contribution in [3.05, 3.63) is 17.8 Å². The van der Waals surface area contributed by atoms with Crippen LogP contribution in [0.3, 0.4) is 0 Å². The second-order valence-electron chi connectivity index (χ2n) is 4.13. The van der Waals surface area contributed by atoms with E-state index in [1.54, 1.807) is 16.7 Å². The highest BCUT2D eigenvalue weighted by Gasteiger charge is 2.32. The molecule has 0 amide bonds. The van der Waals surface area contributed by atoms with Crippen LogP contribution in [-0.2, 0) is 9.84 Å². The minimum atomic E-state index is -3.23. The molecule has 2 heterocycles. The van der Waals surface area contributed by atoms with E-state index in [4.69, 9.17) is 5.11 Å². The van der Waals surface area contributed by atoms with Gasteiger partial charge in [-0.15, -0.1) is 10.2 Å². The summed E-state index contributed by atoms with van der Waals surface area (Å²) in [6.45, 7) is 0.545. The molecule has 0 saturated carbocycles. The number of carboxylic acid groups (broad SMARTS) is 1. The lowest BCUT2D eigenvalue weighted by atomic mass is 10.3. The molecule has 1 saturated heterocycles. The Bertz CT molecular complexity index is 573. The van der Waals surface area contributed by atoms with Crippen LogP contribution in [0.15, 0.2) is 12.1 Å². The maximum Gasteiger partial charge on any atom is 0.356 e. The third kappa shape index (κ3) is 3.16. The van der Waals surface area contributed by atoms with Crippen LogP contribution >= 0.6 is 11.8 Å². The fourth-order valence-corrected chi connectivity index (χ4v) is 4.62. The quantitative estimate of drug-likeness (QED) is 0.839. The number of anilines is 1. The summed E-state index contributed by atoms with van der Waals surface area (Å²) in [5, 5.41) is 15.5. The summed E-state index contributed by atoms with van der Waals surface area (Å²) in [6, 6.07) is 2.82. The number of aromatic nitrogens is 2. The van der Waals surface area contributed by atoms with Crippen LogP contribution < -0.4 is 4.90 Å². The number of hydrogen-bond acceptors (Lipinski definition) is 7. The van der Waals surface area contributed by atoms with Crippen molar-refractivity contribution >= 4 is 33.4 Å². The van der Waals surface area contributed by atoms with Gasteiger partial charge in [-0.3, -0.25) is 0 Å². The van der Waals surface area contributed by atoms with E-state index < -0.39 is 21.2 Å². The van der Waals surface area contributed by atoms with Gasteiger partial charge in [-0.2, -0.15) is 11.8 Å². The molecule has 9 heteroatoms. The fourth-order valence-electron chi connectivity index (χ4n) is 1.79. The van der Waals surface area contributed by atoms with E-state index >= 15 is 0 Å². The molecule has 19 heavy (non-hydrogen) atoms. The monoisotopic (exact) mass is 303 g/mol. The largest absolute Gasteiger partial charge is 0.476 e. The molecule has 1 aromatic heterocycles. The molecule has 104 valence electrons. The smallest absolute Gasteiger partial charge is 0.356 e. The summed E-state index contributed by atoms with van der Waals surface area (Å²) >= 11 is 1.57. The molecule has 1 unspecified atom stereocenters. The van der Waals surface area contributed by atoms with Crippen molar-refractivity contribution in [3.63, 3.8) is 0 Å². The first-order valence-electron chi connectivity index (χ1n) is 5.50. The second-order valence-corrected chi connectivity index (χ2v) is 7.49. The summed E-state index contributed by atoms with van der Waals surface area (Å²) in [7, 11) is -3.23. The van der Waals surface area contributed by atoms with E-state index in [2.05, 4.69) is 10.2 Å². The van der Waals surface area contributed by atoms with Crippen molar-refractivity contribution in [2.75, 3.05) is 29.2 Å². The standard InChI is InChI=1S/C10H13N3O4S2/c1-19(16,17)9-6-18-5-4-13(9)8-3-2-7(10(14)15)11-12-8/h2-3,9H,4-6H2,1H3,(H,14,15). The van der Waals surface area contributed by atoms with Gasteiger partial charge in [0.15, 0.2) is 21.3 Å². The number of thioether (sulfide) groups is 1. The van der Waals surface area contributed by atoms with E-state index in [1.165, 1.54) is 18.4 Å². The van der Waals surface area contributed by atoms with Crippen molar-refractivity contribution in [2.45, 2.75) is 5.37 Å². The van der Waals surface area contributed by atoms with Crippen LogP contribution in [-0.4, -0.2) is 59.4 Å². The fraction of sp³-hybridized carbons (Fsp3) is 0.500. The Hall–Kier alpha value is -1.35. The number of rotatable bonds is 3. The third-order valence-corrected chi connectivity index (χ3v) is 5.39. The lowest BCUT2D eigenvalue weighted by molar-refractivity contribution is 0.0689. The summed E-state index contributed by atoms with van der Waals surface area (Å²) in [6.07, 6.45) is 1.19. The normalized spacial score (nSPS) is 20.3. The number of hydrogen-bond donors (Lipinski definition) is 1. The molecule has 1 fully saturated rings. The molecule has 0 spiro atoms. The number of carboxylic acids is 1. The number of nitrogens with zero attached hydrogens (tertiary/aromatic N) is 3. The summed E-state index contributed by atoms with van der Waals surface area (Å²) < 4.78 is 23.5. The van der Waals surface area contributed by atoms with Crippen LogP contribution in [0.2, 0.25) is 0 Å². The zero-order valence-electron chi connectivity index (χ0n) is 10.2. The Morgan fingerprint density at radius 1 is 1.47 bits per heavy atom. The van der Waals surface area contributed by atoms with E-state index in [1.807, 2.05) is 0 Å². The average Bonchev–Trinajstić information content (AvgIpc) is 2.38.